The predicted octanol–water partition coefficient (Wildman–Crippen LogP) is 2.57. The number of anilines is 1. The summed E-state index contributed by atoms with van der Waals surface area (Å²) in [6, 6.07) is 7.55. The number of aromatic nitrogens is 1. The number of nitriles is 1. The number of phenolic OH excluding ortho intramolecular Hbond substituents is 1. The van der Waals surface area contributed by atoms with Gasteiger partial charge in [-0.3, -0.25) is 10.1 Å². The van der Waals surface area contributed by atoms with E-state index in [1.54, 1.807) is 6.07 Å². The SMILES string of the molecule is N#Cc1c(-c2ccc(O)c([N+](=O)[O-])c2)cc([C]2[CH][CH][CH][CH]2)nc1N. The Morgan fingerprint density at radius 1 is 1.25 bits per heavy atom. The highest BCUT2D eigenvalue weighted by Crippen LogP contribution is 2.37. The zero-order valence-corrected chi connectivity index (χ0v) is 12.3. The second-order valence-corrected chi connectivity index (χ2v) is 5.06. The standard InChI is InChI=1S/C17H11N4O3/c18-9-13-12(11-5-6-16(22)15(7-11)21(23)24)8-14(20-17(13)19)10-3-1-2-4-10/h1-8,22H,(H2,19,20). The Hall–Kier alpha value is -3.14. The monoisotopic (exact) mass is 319 g/mol. The van der Waals surface area contributed by atoms with E-state index in [2.05, 4.69) is 4.98 Å². The molecule has 0 unspecified atom stereocenters. The first kappa shape index (κ1) is 15.7. The maximum atomic E-state index is 11.0. The highest BCUT2D eigenvalue weighted by Gasteiger charge is 2.24. The van der Waals surface area contributed by atoms with E-state index in [4.69, 9.17) is 5.73 Å². The smallest absolute Gasteiger partial charge is 0.311 e. The van der Waals surface area contributed by atoms with Crippen LogP contribution < -0.4 is 5.73 Å². The van der Waals surface area contributed by atoms with E-state index >= 15 is 0 Å². The Labute approximate surface area is 138 Å². The van der Waals surface area contributed by atoms with Crippen LogP contribution in [0.1, 0.15) is 11.3 Å². The minimum Gasteiger partial charge on any atom is -0.502 e. The minimum absolute atomic E-state index is 0.0435. The number of hydrogen-bond acceptors (Lipinski definition) is 6. The molecule has 1 aromatic heterocycles. The van der Waals surface area contributed by atoms with Gasteiger partial charge in [0.2, 0.25) is 0 Å². The summed E-state index contributed by atoms with van der Waals surface area (Å²) in [5.74, 6) is 0.420. The van der Waals surface area contributed by atoms with Crippen molar-refractivity contribution in [3.05, 3.63) is 77.2 Å². The molecular weight excluding hydrogens is 308 g/mol. The molecule has 0 amide bonds. The zero-order chi connectivity index (χ0) is 17.3. The molecule has 5 radical (unpaired) electrons. The molecular formula is C17H11N4O3. The van der Waals surface area contributed by atoms with Gasteiger partial charge in [0.25, 0.3) is 0 Å². The lowest BCUT2D eigenvalue weighted by molar-refractivity contribution is -0.385. The normalized spacial score (nSPS) is 14.5. The van der Waals surface area contributed by atoms with Crippen molar-refractivity contribution in [3.63, 3.8) is 0 Å². The zero-order valence-electron chi connectivity index (χ0n) is 12.3. The molecule has 1 aliphatic rings. The van der Waals surface area contributed by atoms with Crippen molar-refractivity contribution in [1.82, 2.24) is 4.98 Å². The van der Waals surface area contributed by atoms with E-state index in [0.29, 0.717) is 16.8 Å². The summed E-state index contributed by atoms with van der Waals surface area (Å²) < 4.78 is 0. The van der Waals surface area contributed by atoms with Crippen molar-refractivity contribution in [2.24, 2.45) is 0 Å². The van der Waals surface area contributed by atoms with Gasteiger partial charge in [-0.2, -0.15) is 5.26 Å². The fourth-order valence-electron chi connectivity index (χ4n) is 2.44. The maximum absolute atomic E-state index is 11.0. The molecule has 0 saturated heterocycles. The van der Waals surface area contributed by atoms with Gasteiger partial charge in [0.15, 0.2) is 5.75 Å². The number of nitrogens with two attached hydrogens (primary N) is 1. The second-order valence-electron chi connectivity index (χ2n) is 5.06. The van der Waals surface area contributed by atoms with Crippen LogP contribution in [0, 0.1) is 53.0 Å². The molecule has 0 atom stereocenters. The summed E-state index contributed by atoms with van der Waals surface area (Å²) in [5, 5.41) is 30.0. The number of phenols is 1. The maximum Gasteiger partial charge on any atom is 0.311 e. The van der Waals surface area contributed by atoms with Crippen LogP contribution in [-0.2, 0) is 0 Å². The number of nitro benzene ring substituents is 1. The second kappa shape index (κ2) is 6.16. The lowest BCUT2D eigenvalue weighted by atomic mass is 9.95. The van der Waals surface area contributed by atoms with Crippen molar-refractivity contribution in [2.75, 3.05) is 5.73 Å². The minimum atomic E-state index is -0.687. The lowest BCUT2D eigenvalue weighted by Crippen LogP contribution is -2.05. The third kappa shape index (κ3) is 2.74. The number of nitrogen functional groups attached to an aromatic ring is 1. The van der Waals surface area contributed by atoms with Crippen LogP contribution in [0.25, 0.3) is 11.1 Å². The van der Waals surface area contributed by atoms with Gasteiger partial charge in [0.1, 0.15) is 17.5 Å². The molecule has 2 aromatic rings. The van der Waals surface area contributed by atoms with Crippen LogP contribution in [0.2, 0.25) is 0 Å². The molecule has 1 aromatic carbocycles. The molecule has 3 N–H and O–H groups in total. The highest BCUT2D eigenvalue weighted by atomic mass is 16.6. The molecule has 1 heterocycles. The van der Waals surface area contributed by atoms with Gasteiger partial charge in [-0.1, -0.05) is 6.07 Å². The fraction of sp³-hybridized carbons (Fsp3) is 0. The Morgan fingerprint density at radius 2 is 1.96 bits per heavy atom. The molecule has 1 fully saturated rings. The van der Waals surface area contributed by atoms with Crippen LogP contribution in [0.3, 0.4) is 0 Å². The highest BCUT2D eigenvalue weighted by molar-refractivity contribution is 5.78. The number of hydrogen-bond donors (Lipinski definition) is 2. The summed E-state index contributed by atoms with van der Waals surface area (Å²) in [6.45, 7) is 0. The largest absolute Gasteiger partial charge is 0.502 e. The molecule has 0 bridgehead atoms. The van der Waals surface area contributed by atoms with Gasteiger partial charge in [0.05, 0.1) is 10.6 Å². The van der Waals surface area contributed by atoms with Crippen molar-refractivity contribution < 1.29 is 10.0 Å². The molecule has 0 aliphatic heterocycles. The first-order valence-corrected chi connectivity index (χ1v) is 6.91. The van der Waals surface area contributed by atoms with Crippen molar-refractivity contribution >= 4 is 11.5 Å². The third-order valence-corrected chi connectivity index (χ3v) is 3.60. The molecule has 7 nitrogen and oxygen atoms in total. The van der Waals surface area contributed by atoms with Crippen molar-refractivity contribution in [1.29, 1.82) is 5.26 Å². The predicted molar refractivity (Wildman–Crippen MR) is 86.7 cm³/mol. The van der Waals surface area contributed by atoms with E-state index in [1.165, 1.54) is 18.2 Å². The van der Waals surface area contributed by atoms with Gasteiger partial charge in [-0.05, 0) is 43.4 Å². The number of aromatic hydroxyl groups is 1. The molecule has 24 heavy (non-hydrogen) atoms. The van der Waals surface area contributed by atoms with Gasteiger partial charge in [-0.25, -0.2) is 4.98 Å². The average Bonchev–Trinajstić information content (AvgIpc) is 3.08. The molecule has 1 saturated carbocycles. The van der Waals surface area contributed by atoms with Crippen molar-refractivity contribution in [3.8, 4) is 22.9 Å². The van der Waals surface area contributed by atoms with Gasteiger partial charge < -0.3 is 10.8 Å². The van der Waals surface area contributed by atoms with E-state index in [1.807, 2.05) is 31.8 Å². The Kier molecular flexibility index (Phi) is 4.04. The van der Waals surface area contributed by atoms with Crippen LogP contribution in [0.4, 0.5) is 11.5 Å². The molecule has 7 heteroatoms. The quantitative estimate of drug-likeness (QED) is 0.661. The molecule has 117 valence electrons. The summed E-state index contributed by atoms with van der Waals surface area (Å²) in [6.07, 6.45) is 7.38. The Morgan fingerprint density at radius 3 is 2.58 bits per heavy atom. The van der Waals surface area contributed by atoms with E-state index in [0.717, 1.165) is 5.92 Å². The molecule has 0 spiro atoms. The average molecular weight is 319 g/mol. The summed E-state index contributed by atoms with van der Waals surface area (Å²) >= 11 is 0. The van der Waals surface area contributed by atoms with Gasteiger partial charge >= 0.3 is 5.69 Å². The van der Waals surface area contributed by atoms with Crippen LogP contribution in [0.15, 0.2) is 24.3 Å². The number of benzene rings is 1. The first-order chi connectivity index (χ1) is 11.5. The lowest BCUT2D eigenvalue weighted by Gasteiger charge is -2.13. The molecule has 3 rings (SSSR count). The van der Waals surface area contributed by atoms with E-state index in [9.17, 15) is 20.5 Å². The number of nitrogens with zero attached hydrogens (tertiary/aromatic N) is 3. The summed E-state index contributed by atoms with van der Waals surface area (Å²) in [7, 11) is 0. The van der Waals surface area contributed by atoms with Crippen LogP contribution in [-0.4, -0.2) is 15.0 Å². The molecule has 1 aliphatic carbocycles. The topological polar surface area (TPSA) is 126 Å². The van der Waals surface area contributed by atoms with Crippen LogP contribution in [0.5, 0.6) is 5.75 Å². The van der Waals surface area contributed by atoms with Crippen LogP contribution >= 0.6 is 0 Å². The summed E-state index contributed by atoms with van der Waals surface area (Å²) in [5.41, 5.74) is 6.95. The number of nitro groups is 1. The van der Waals surface area contributed by atoms with E-state index < -0.39 is 16.4 Å². The number of rotatable bonds is 3. The van der Waals surface area contributed by atoms with E-state index in [-0.39, 0.29) is 11.4 Å². The number of pyridine rings is 1. The van der Waals surface area contributed by atoms with Gasteiger partial charge in [-0.15, -0.1) is 0 Å². The summed E-state index contributed by atoms with van der Waals surface area (Å²) in [4.78, 5) is 14.6. The van der Waals surface area contributed by atoms with Gasteiger partial charge in [0, 0.05) is 17.5 Å². The Balaban J connectivity index is 2.17. The van der Waals surface area contributed by atoms with Crippen molar-refractivity contribution in [2.45, 2.75) is 0 Å². The Bertz CT molecular complexity index is 852. The fourth-order valence-corrected chi connectivity index (χ4v) is 2.44. The first-order valence-electron chi connectivity index (χ1n) is 6.91. The third-order valence-electron chi connectivity index (χ3n) is 3.60.